The first-order valence-electron chi connectivity index (χ1n) is 7.80. The van der Waals surface area contributed by atoms with Gasteiger partial charge in [0.25, 0.3) is 5.91 Å². The Hall–Kier alpha value is -2.11. The molecule has 1 aromatic heterocycles. The minimum atomic E-state index is -0.250. The molecule has 0 radical (unpaired) electrons. The summed E-state index contributed by atoms with van der Waals surface area (Å²) in [5.74, 6) is -0.272. The molecule has 1 saturated carbocycles. The van der Waals surface area contributed by atoms with Gasteiger partial charge in [-0.05, 0) is 37.8 Å². The van der Waals surface area contributed by atoms with Crippen LogP contribution in [-0.2, 0) is 4.79 Å². The third-order valence-electron chi connectivity index (χ3n) is 4.43. The highest BCUT2D eigenvalue weighted by molar-refractivity contribution is 5.95. The zero-order valence-corrected chi connectivity index (χ0v) is 12.7. The Morgan fingerprint density at radius 1 is 1.41 bits per heavy atom. The topological polar surface area (TPSA) is 73.7 Å². The Morgan fingerprint density at radius 3 is 2.82 bits per heavy atom. The zero-order chi connectivity index (χ0) is 15.7. The third kappa shape index (κ3) is 2.91. The van der Waals surface area contributed by atoms with E-state index in [1.54, 1.807) is 17.9 Å². The van der Waals surface area contributed by atoms with Crippen LogP contribution >= 0.6 is 0 Å². The van der Waals surface area contributed by atoms with Gasteiger partial charge in [-0.15, -0.1) is 0 Å². The van der Waals surface area contributed by atoms with Gasteiger partial charge >= 0.3 is 0 Å². The predicted octanol–water partition coefficient (Wildman–Crippen LogP) is 1.40. The van der Waals surface area contributed by atoms with Gasteiger partial charge in [0.2, 0.25) is 5.91 Å². The number of likely N-dealkylation sites (tertiary alicyclic amines) is 1. The van der Waals surface area contributed by atoms with E-state index in [9.17, 15) is 14.7 Å². The molecule has 2 aliphatic rings. The number of hydrogen-bond acceptors (Lipinski definition) is 4. The van der Waals surface area contributed by atoms with Gasteiger partial charge in [0.1, 0.15) is 5.75 Å². The smallest absolute Gasteiger partial charge is 0.276 e. The fraction of sp³-hybridized carbons (Fsp3) is 0.562. The number of amides is 2. The Bertz CT molecular complexity index is 586. The Morgan fingerprint density at radius 2 is 2.18 bits per heavy atom. The summed E-state index contributed by atoms with van der Waals surface area (Å²) in [6, 6.07) is 3.42. The van der Waals surface area contributed by atoms with Gasteiger partial charge in [0.15, 0.2) is 5.69 Å². The first-order valence-corrected chi connectivity index (χ1v) is 7.80. The normalized spacial score (nSPS) is 21.0. The Kier molecular flexibility index (Phi) is 4.00. The highest BCUT2D eigenvalue weighted by Crippen LogP contribution is 2.30. The fourth-order valence-electron chi connectivity index (χ4n) is 3.14. The highest BCUT2D eigenvalue weighted by atomic mass is 16.3. The molecule has 1 aromatic rings. The first kappa shape index (κ1) is 14.8. The molecule has 1 saturated heterocycles. The maximum atomic E-state index is 12.6. The van der Waals surface area contributed by atoms with Gasteiger partial charge in [0, 0.05) is 38.3 Å². The molecule has 0 aromatic carbocycles. The van der Waals surface area contributed by atoms with Crippen LogP contribution in [0.3, 0.4) is 0 Å². The van der Waals surface area contributed by atoms with Crippen molar-refractivity contribution in [2.24, 2.45) is 0 Å². The average molecular weight is 303 g/mol. The van der Waals surface area contributed by atoms with E-state index in [-0.39, 0.29) is 29.3 Å². The number of aromatic hydroxyl groups is 1. The second-order valence-electron chi connectivity index (χ2n) is 6.07. The van der Waals surface area contributed by atoms with E-state index in [0.29, 0.717) is 19.1 Å². The highest BCUT2D eigenvalue weighted by Gasteiger charge is 2.37. The van der Waals surface area contributed by atoms with Crippen LogP contribution in [0.15, 0.2) is 18.3 Å². The van der Waals surface area contributed by atoms with Crippen LogP contribution in [0.2, 0.25) is 0 Å². The van der Waals surface area contributed by atoms with Crippen LogP contribution in [0.5, 0.6) is 5.75 Å². The average Bonchev–Trinajstić information content (AvgIpc) is 3.22. The molecule has 0 bridgehead atoms. The summed E-state index contributed by atoms with van der Waals surface area (Å²) >= 11 is 0. The maximum absolute atomic E-state index is 12.6. The minimum absolute atomic E-state index is 0.0124. The summed E-state index contributed by atoms with van der Waals surface area (Å²) in [4.78, 5) is 32.0. The fourth-order valence-corrected chi connectivity index (χ4v) is 3.14. The molecule has 1 atom stereocenters. The summed E-state index contributed by atoms with van der Waals surface area (Å²) in [5.41, 5.74) is 0.0928. The summed E-state index contributed by atoms with van der Waals surface area (Å²) in [6.07, 6.45) is 5.42. The van der Waals surface area contributed by atoms with Crippen molar-refractivity contribution in [1.29, 1.82) is 0 Å². The number of nitrogens with zero attached hydrogens (tertiary/aromatic N) is 3. The van der Waals surface area contributed by atoms with Crippen molar-refractivity contribution in [3.63, 3.8) is 0 Å². The number of rotatable bonds is 4. The van der Waals surface area contributed by atoms with Crippen LogP contribution in [0.4, 0.5) is 0 Å². The lowest BCUT2D eigenvalue weighted by atomic mass is 10.2. The van der Waals surface area contributed by atoms with Crippen molar-refractivity contribution >= 4 is 11.8 Å². The SMILES string of the molecule is CC(=O)N(C[C@H]1CCCN1C(=O)c1ncccc1O)C1CC1. The predicted molar refractivity (Wildman–Crippen MR) is 80.4 cm³/mol. The van der Waals surface area contributed by atoms with Crippen molar-refractivity contribution in [2.75, 3.05) is 13.1 Å². The van der Waals surface area contributed by atoms with Crippen molar-refractivity contribution in [1.82, 2.24) is 14.8 Å². The van der Waals surface area contributed by atoms with Gasteiger partial charge in [0.05, 0.1) is 0 Å². The Labute approximate surface area is 129 Å². The monoisotopic (exact) mass is 303 g/mol. The first-order chi connectivity index (χ1) is 10.6. The van der Waals surface area contributed by atoms with Crippen LogP contribution < -0.4 is 0 Å². The maximum Gasteiger partial charge on any atom is 0.276 e. The number of hydrogen-bond donors (Lipinski definition) is 1. The summed E-state index contributed by atoms with van der Waals surface area (Å²) < 4.78 is 0. The lowest BCUT2D eigenvalue weighted by molar-refractivity contribution is -0.130. The molecule has 1 aliphatic carbocycles. The minimum Gasteiger partial charge on any atom is -0.505 e. The van der Waals surface area contributed by atoms with Crippen molar-refractivity contribution in [2.45, 2.75) is 44.7 Å². The molecule has 6 nitrogen and oxygen atoms in total. The zero-order valence-electron chi connectivity index (χ0n) is 12.7. The van der Waals surface area contributed by atoms with Crippen LogP contribution in [0.25, 0.3) is 0 Å². The van der Waals surface area contributed by atoms with Crippen molar-refractivity contribution < 1.29 is 14.7 Å². The van der Waals surface area contributed by atoms with E-state index in [0.717, 1.165) is 25.7 Å². The van der Waals surface area contributed by atoms with Crippen molar-refractivity contribution in [3.8, 4) is 5.75 Å². The molecule has 2 amide bonds. The summed E-state index contributed by atoms with van der Waals surface area (Å²) in [7, 11) is 0. The van der Waals surface area contributed by atoms with Crippen LogP contribution in [0.1, 0.15) is 43.1 Å². The molecule has 1 N–H and O–H groups in total. The van der Waals surface area contributed by atoms with E-state index >= 15 is 0 Å². The van der Waals surface area contributed by atoms with E-state index < -0.39 is 0 Å². The van der Waals surface area contributed by atoms with Crippen LogP contribution in [-0.4, -0.2) is 56.9 Å². The number of carbonyl (C=O) groups is 2. The molecular weight excluding hydrogens is 282 g/mol. The molecule has 0 spiro atoms. The van der Waals surface area contributed by atoms with Gasteiger partial charge in [-0.2, -0.15) is 0 Å². The van der Waals surface area contributed by atoms with Gasteiger partial charge in [-0.3, -0.25) is 9.59 Å². The number of carbonyl (C=O) groups excluding carboxylic acids is 2. The third-order valence-corrected chi connectivity index (χ3v) is 4.43. The molecule has 22 heavy (non-hydrogen) atoms. The second kappa shape index (κ2) is 5.94. The van der Waals surface area contributed by atoms with Gasteiger partial charge < -0.3 is 14.9 Å². The molecule has 1 aliphatic heterocycles. The summed E-state index contributed by atoms with van der Waals surface area (Å²) in [5, 5.41) is 9.82. The van der Waals surface area contributed by atoms with Gasteiger partial charge in [-0.25, -0.2) is 4.98 Å². The quantitative estimate of drug-likeness (QED) is 0.912. The standard InChI is InChI=1S/C16H21N3O3/c1-11(20)19(12-6-7-12)10-13-4-3-9-18(13)16(22)15-14(21)5-2-8-17-15/h2,5,8,12-13,21H,3-4,6-7,9-10H2,1H3/t13-/m1/s1. The molecule has 3 rings (SSSR count). The van der Waals surface area contributed by atoms with Crippen LogP contribution in [0, 0.1) is 0 Å². The molecule has 2 fully saturated rings. The molecule has 0 unspecified atom stereocenters. The van der Waals surface area contributed by atoms with E-state index in [4.69, 9.17) is 0 Å². The molecule has 118 valence electrons. The van der Waals surface area contributed by atoms with E-state index in [1.165, 1.54) is 12.3 Å². The molecule has 2 heterocycles. The number of pyridine rings is 1. The molecular formula is C16H21N3O3. The van der Waals surface area contributed by atoms with E-state index in [1.807, 2.05) is 4.90 Å². The largest absolute Gasteiger partial charge is 0.505 e. The van der Waals surface area contributed by atoms with Crippen molar-refractivity contribution in [3.05, 3.63) is 24.0 Å². The van der Waals surface area contributed by atoms with Gasteiger partial charge in [-0.1, -0.05) is 0 Å². The second-order valence-corrected chi connectivity index (χ2v) is 6.07. The Balaban J connectivity index is 1.74. The number of aromatic nitrogens is 1. The molecule has 6 heteroatoms. The lowest BCUT2D eigenvalue weighted by Gasteiger charge is -2.30. The summed E-state index contributed by atoms with van der Waals surface area (Å²) in [6.45, 7) is 2.82. The lowest BCUT2D eigenvalue weighted by Crippen LogP contribution is -2.45. The van der Waals surface area contributed by atoms with E-state index in [2.05, 4.69) is 4.98 Å².